The van der Waals surface area contributed by atoms with Gasteiger partial charge >= 0.3 is 6.03 Å². The SMILES string of the molecule is CCOc1cc(/C=C2\C(=O)NC(=O)N(c3ccc(O)cc3)C2=O)cc(Br)c1Cc1cc(C)cc(C)c1. The summed E-state index contributed by atoms with van der Waals surface area (Å²) in [7, 11) is 0. The molecule has 2 N–H and O–H groups in total. The maximum absolute atomic E-state index is 13.2. The molecule has 0 aromatic heterocycles. The number of aromatic hydroxyl groups is 1. The van der Waals surface area contributed by atoms with Gasteiger partial charge in [0.2, 0.25) is 0 Å². The molecular weight excluding hydrogens is 524 g/mol. The lowest BCUT2D eigenvalue weighted by Gasteiger charge is -2.26. The number of phenols is 1. The number of barbiturate groups is 1. The van der Waals surface area contributed by atoms with E-state index in [1.165, 1.54) is 41.5 Å². The number of urea groups is 1. The van der Waals surface area contributed by atoms with Gasteiger partial charge in [0.25, 0.3) is 11.8 Å². The van der Waals surface area contributed by atoms with Crippen LogP contribution in [-0.4, -0.2) is 29.6 Å². The third-order valence-electron chi connectivity index (χ3n) is 5.66. The average molecular weight is 549 g/mol. The number of amides is 4. The molecule has 1 heterocycles. The number of halogens is 1. The van der Waals surface area contributed by atoms with Gasteiger partial charge in [-0.15, -0.1) is 0 Å². The number of benzene rings is 3. The minimum Gasteiger partial charge on any atom is -0.508 e. The molecule has 3 aromatic carbocycles. The van der Waals surface area contributed by atoms with E-state index in [-0.39, 0.29) is 17.0 Å². The fourth-order valence-electron chi connectivity index (χ4n) is 4.21. The predicted octanol–water partition coefficient (Wildman–Crippen LogP) is 5.43. The molecule has 0 bridgehead atoms. The van der Waals surface area contributed by atoms with Crippen LogP contribution >= 0.6 is 15.9 Å². The van der Waals surface area contributed by atoms with Crippen LogP contribution in [0.2, 0.25) is 0 Å². The van der Waals surface area contributed by atoms with E-state index in [0.29, 0.717) is 24.3 Å². The third kappa shape index (κ3) is 5.33. The normalized spacial score (nSPS) is 14.8. The second-order valence-corrected chi connectivity index (χ2v) is 9.41. The number of carbonyl (C=O) groups excluding carboxylic acids is 3. The first-order valence-electron chi connectivity index (χ1n) is 11.4. The number of aryl methyl sites for hydroxylation is 2. The molecule has 0 radical (unpaired) electrons. The summed E-state index contributed by atoms with van der Waals surface area (Å²) in [5.41, 5.74) is 5.04. The molecule has 1 fully saturated rings. The fourth-order valence-corrected chi connectivity index (χ4v) is 4.81. The van der Waals surface area contributed by atoms with Crippen LogP contribution in [0.5, 0.6) is 11.5 Å². The Morgan fingerprint density at radius 2 is 1.67 bits per heavy atom. The van der Waals surface area contributed by atoms with E-state index in [4.69, 9.17) is 4.74 Å². The Morgan fingerprint density at radius 3 is 2.31 bits per heavy atom. The minimum atomic E-state index is -0.854. The third-order valence-corrected chi connectivity index (χ3v) is 6.37. The van der Waals surface area contributed by atoms with Crippen molar-refractivity contribution >= 4 is 45.5 Å². The summed E-state index contributed by atoms with van der Waals surface area (Å²) in [6.45, 7) is 6.44. The Hall–Kier alpha value is -3.91. The van der Waals surface area contributed by atoms with Crippen molar-refractivity contribution in [1.29, 1.82) is 0 Å². The first kappa shape index (κ1) is 25.2. The largest absolute Gasteiger partial charge is 0.508 e. The summed E-state index contributed by atoms with van der Waals surface area (Å²) in [6.07, 6.45) is 2.07. The highest BCUT2D eigenvalue weighted by Gasteiger charge is 2.36. The van der Waals surface area contributed by atoms with Gasteiger partial charge in [-0.2, -0.15) is 0 Å². The van der Waals surface area contributed by atoms with Gasteiger partial charge in [-0.05, 0) is 74.4 Å². The molecule has 1 aliphatic rings. The molecule has 1 saturated heterocycles. The molecule has 0 saturated carbocycles. The van der Waals surface area contributed by atoms with Crippen LogP contribution in [0.1, 0.15) is 34.7 Å². The summed E-state index contributed by atoms with van der Waals surface area (Å²) in [4.78, 5) is 39.0. The fraction of sp³-hybridized carbons (Fsp3) is 0.179. The molecule has 7 nitrogen and oxygen atoms in total. The average Bonchev–Trinajstić information content (AvgIpc) is 2.79. The van der Waals surface area contributed by atoms with Gasteiger partial charge in [-0.3, -0.25) is 14.9 Å². The second kappa shape index (κ2) is 10.4. The van der Waals surface area contributed by atoms with Crippen molar-refractivity contribution in [2.75, 3.05) is 11.5 Å². The molecular formula is C28H25BrN2O5. The highest BCUT2D eigenvalue weighted by Crippen LogP contribution is 2.33. The second-order valence-electron chi connectivity index (χ2n) is 8.56. The predicted molar refractivity (Wildman–Crippen MR) is 141 cm³/mol. The standard InChI is InChI=1S/C28H25BrN2O5/c1-4-36-25-15-19(14-24(29)22(25)12-18-10-16(2)9-17(3)11-18)13-23-26(33)30-28(35)31(27(23)34)20-5-7-21(32)8-6-20/h5-11,13-15,32H,4,12H2,1-3H3,(H,30,33,35)/b23-13+. The number of imide groups is 2. The van der Waals surface area contributed by atoms with Crippen molar-refractivity contribution in [2.24, 2.45) is 0 Å². The number of rotatable bonds is 6. The molecule has 0 spiro atoms. The van der Waals surface area contributed by atoms with Crippen LogP contribution in [0.4, 0.5) is 10.5 Å². The molecule has 1 aliphatic heterocycles. The van der Waals surface area contributed by atoms with Crippen LogP contribution < -0.4 is 15.0 Å². The molecule has 4 rings (SSSR count). The minimum absolute atomic E-state index is 0.00956. The van der Waals surface area contributed by atoms with Crippen LogP contribution in [0.25, 0.3) is 6.08 Å². The van der Waals surface area contributed by atoms with Gasteiger partial charge < -0.3 is 9.84 Å². The summed E-state index contributed by atoms with van der Waals surface area (Å²) >= 11 is 3.64. The zero-order valence-corrected chi connectivity index (χ0v) is 21.7. The molecule has 184 valence electrons. The van der Waals surface area contributed by atoms with E-state index in [1.54, 1.807) is 6.07 Å². The maximum Gasteiger partial charge on any atom is 0.335 e. The Labute approximate surface area is 217 Å². The van der Waals surface area contributed by atoms with E-state index < -0.39 is 17.8 Å². The number of hydrogen-bond donors (Lipinski definition) is 2. The molecule has 3 aromatic rings. The molecule has 8 heteroatoms. The number of anilines is 1. The molecule has 0 aliphatic carbocycles. The van der Waals surface area contributed by atoms with Gasteiger partial charge in [0.15, 0.2) is 0 Å². The zero-order valence-electron chi connectivity index (χ0n) is 20.1. The lowest BCUT2D eigenvalue weighted by molar-refractivity contribution is -0.122. The quantitative estimate of drug-likeness (QED) is 0.316. The van der Waals surface area contributed by atoms with E-state index in [9.17, 15) is 19.5 Å². The lowest BCUT2D eigenvalue weighted by Crippen LogP contribution is -2.54. The number of phenolic OH excluding ortho intramolecular Hbond substituents is 1. The van der Waals surface area contributed by atoms with Gasteiger partial charge in [0, 0.05) is 16.5 Å². The zero-order chi connectivity index (χ0) is 26.0. The Balaban J connectivity index is 1.72. The summed E-state index contributed by atoms with van der Waals surface area (Å²) in [5, 5.41) is 11.7. The lowest BCUT2D eigenvalue weighted by atomic mass is 9.98. The number of nitrogens with zero attached hydrogens (tertiary/aromatic N) is 1. The van der Waals surface area contributed by atoms with Gasteiger partial charge in [0.05, 0.1) is 12.3 Å². The first-order chi connectivity index (χ1) is 17.2. The van der Waals surface area contributed by atoms with Crippen molar-refractivity contribution in [3.05, 3.63) is 92.5 Å². The molecule has 36 heavy (non-hydrogen) atoms. The van der Waals surface area contributed by atoms with Gasteiger partial charge in [0.1, 0.15) is 17.1 Å². The summed E-state index contributed by atoms with van der Waals surface area (Å²) in [6, 6.07) is 14.7. The highest BCUT2D eigenvalue weighted by molar-refractivity contribution is 9.10. The van der Waals surface area contributed by atoms with Crippen molar-refractivity contribution in [3.8, 4) is 11.5 Å². The Bertz CT molecular complexity index is 1380. The topological polar surface area (TPSA) is 95.9 Å². The smallest absolute Gasteiger partial charge is 0.335 e. The van der Waals surface area contributed by atoms with Crippen LogP contribution in [-0.2, 0) is 16.0 Å². The summed E-state index contributed by atoms with van der Waals surface area (Å²) < 4.78 is 6.69. The van der Waals surface area contributed by atoms with Crippen LogP contribution in [0.3, 0.4) is 0 Å². The van der Waals surface area contributed by atoms with Crippen molar-refractivity contribution in [1.82, 2.24) is 5.32 Å². The number of carbonyl (C=O) groups is 3. The first-order valence-corrected chi connectivity index (χ1v) is 12.2. The van der Waals surface area contributed by atoms with E-state index in [1.807, 2.05) is 13.0 Å². The number of ether oxygens (including phenoxy) is 1. The van der Waals surface area contributed by atoms with Crippen molar-refractivity contribution < 1.29 is 24.2 Å². The maximum atomic E-state index is 13.2. The van der Waals surface area contributed by atoms with Gasteiger partial charge in [-0.25, -0.2) is 9.69 Å². The van der Waals surface area contributed by atoms with Crippen LogP contribution in [0, 0.1) is 13.8 Å². The Morgan fingerprint density at radius 1 is 1.00 bits per heavy atom. The molecule has 4 amide bonds. The van der Waals surface area contributed by atoms with Crippen molar-refractivity contribution in [2.45, 2.75) is 27.2 Å². The highest BCUT2D eigenvalue weighted by atomic mass is 79.9. The molecule has 0 unspecified atom stereocenters. The number of hydrogen-bond acceptors (Lipinski definition) is 5. The molecule has 0 atom stereocenters. The van der Waals surface area contributed by atoms with Crippen LogP contribution in [0.15, 0.2) is 64.6 Å². The summed E-state index contributed by atoms with van der Waals surface area (Å²) in [5.74, 6) is -0.922. The number of nitrogens with one attached hydrogen (secondary N) is 1. The Kier molecular flexibility index (Phi) is 7.26. The van der Waals surface area contributed by atoms with Crippen molar-refractivity contribution in [3.63, 3.8) is 0 Å². The van der Waals surface area contributed by atoms with E-state index >= 15 is 0 Å². The monoisotopic (exact) mass is 548 g/mol. The van der Waals surface area contributed by atoms with E-state index in [0.717, 1.165) is 20.5 Å². The van der Waals surface area contributed by atoms with E-state index in [2.05, 4.69) is 53.3 Å². The van der Waals surface area contributed by atoms with Gasteiger partial charge in [-0.1, -0.05) is 45.3 Å².